The number of benzene rings is 1. The molecule has 1 N–H and O–H groups in total. The second kappa shape index (κ2) is 7.96. The Labute approximate surface area is 211 Å². The molecular formula is C25H27N3O5S2. The van der Waals surface area contributed by atoms with Crippen LogP contribution >= 0.6 is 23.1 Å². The Morgan fingerprint density at radius 1 is 1.14 bits per heavy atom. The number of hydrogen-bond acceptors (Lipinski definition) is 8. The third-order valence-corrected chi connectivity index (χ3v) is 11.4. The second-order valence-electron chi connectivity index (χ2n) is 10.0. The molecule has 2 saturated carbocycles. The number of aromatic amines is 1. The molecular weight excluding hydrogens is 486 g/mol. The number of ether oxygens (including phenoxy) is 2. The minimum Gasteiger partial charge on any atom is -0.493 e. The summed E-state index contributed by atoms with van der Waals surface area (Å²) in [6.07, 6.45) is 3.30. The third kappa shape index (κ3) is 3.05. The van der Waals surface area contributed by atoms with Crippen molar-refractivity contribution in [2.24, 2.45) is 34.7 Å². The zero-order valence-corrected chi connectivity index (χ0v) is 21.6. The van der Waals surface area contributed by atoms with E-state index in [-0.39, 0.29) is 56.9 Å². The van der Waals surface area contributed by atoms with E-state index in [9.17, 15) is 14.4 Å². The number of aromatic nitrogens is 1. The van der Waals surface area contributed by atoms with Gasteiger partial charge in [-0.05, 0) is 54.4 Å². The molecule has 1 aromatic heterocycles. The number of hydrazone groups is 1. The Hall–Kier alpha value is -2.59. The molecule has 1 aromatic carbocycles. The van der Waals surface area contributed by atoms with E-state index in [0.29, 0.717) is 17.1 Å². The van der Waals surface area contributed by atoms with Crippen LogP contribution in [0.4, 0.5) is 0 Å². The molecule has 2 aliphatic heterocycles. The van der Waals surface area contributed by atoms with Crippen molar-refractivity contribution in [3.8, 4) is 11.5 Å². The number of amides is 2. The number of thiazole rings is 1. The van der Waals surface area contributed by atoms with E-state index in [0.717, 1.165) is 27.8 Å². The summed E-state index contributed by atoms with van der Waals surface area (Å²) in [4.78, 5) is 43.3. The first-order chi connectivity index (χ1) is 16.8. The summed E-state index contributed by atoms with van der Waals surface area (Å²) in [6.45, 7) is 4.39. The quantitative estimate of drug-likeness (QED) is 0.485. The lowest BCUT2D eigenvalue weighted by Gasteiger charge is -2.48. The van der Waals surface area contributed by atoms with E-state index in [2.05, 4.69) is 23.9 Å². The number of nitrogens with one attached hydrogen (secondary N) is 1. The van der Waals surface area contributed by atoms with Crippen LogP contribution in [-0.4, -0.2) is 47.5 Å². The Balaban J connectivity index is 1.31. The van der Waals surface area contributed by atoms with Crippen LogP contribution in [0.3, 0.4) is 0 Å². The molecule has 2 aromatic rings. The fraction of sp³-hybridized carbons (Fsp3) is 0.520. The second-order valence-corrected chi connectivity index (χ2v) is 12.2. The maximum absolute atomic E-state index is 13.5. The zero-order valence-electron chi connectivity index (χ0n) is 19.9. The van der Waals surface area contributed by atoms with Crippen molar-refractivity contribution >= 4 is 41.1 Å². The molecule has 0 unspecified atom stereocenters. The van der Waals surface area contributed by atoms with Crippen molar-refractivity contribution in [3.05, 3.63) is 38.3 Å². The van der Waals surface area contributed by atoms with Gasteiger partial charge in [0.2, 0.25) is 0 Å². The van der Waals surface area contributed by atoms with E-state index in [1.807, 2.05) is 0 Å². The molecule has 2 bridgehead atoms. The third-order valence-electron chi connectivity index (χ3n) is 8.67. The summed E-state index contributed by atoms with van der Waals surface area (Å²) >= 11 is 3.01. The fourth-order valence-corrected chi connectivity index (χ4v) is 10.2. The lowest BCUT2D eigenvalue weighted by atomic mass is 9.62. The Morgan fingerprint density at radius 2 is 1.86 bits per heavy atom. The summed E-state index contributed by atoms with van der Waals surface area (Å²) < 4.78 is 10.6. The highest BCUT2D eigenvalue weighted by atomic mass is 32.2. The first-order valence-electron chi connectivity index (χ1n) is 11.9. The molecule has 2 aliphatic carbocycles. The molecule has 0 radical (unpaired) electrons. The van der Waals surface area contributed by atoms with E-state index < -0.39 is 0 Å². The molecule has 4 aliphatic rings. The SMILES string of the molecule is CC[C@]1(C)c2sc(=O)[nH]c2S[C@H]2[C@H]3C[C@@H]([C@H]4C(=O)N(/N=C\c5ccc(OC)c(OC)c5)C(=O)[C@@H]34)[C@@H]21. The maximum Gasteiger partial charge on any atom is 0.305 e. The van der Waals surface area contributed by atoms with Crippen molar-refractivity contribution in [2.45, 2.75) is 42.4 Å². The van der Waals surface area contributed by atoms with Crippen LogP contribution in [0.15, 0.2) is 33.1 Å². The van der Waals surface area contributed by atoms with Gasteiger partial charge in [-0.2, -0.15) is 10.1 Å². The monoisotopic (exact) mass is 513 g/mol. The first kappa shape index (κ1) is 22.8. The molecule has 3 fully saturated rings. The van der Waals surface area contributed by atoms with Gasteiger partial charge in [0.05, 0.1) is 37.3 Å². The van der Waals surface area contributed by atoms with E-state index >= 15 is 0 Å². The lowest BCUT2D eigenvalue weighted by Crippen LogP contribution is -2.49. The maximum atomic E-state index is 13.5. The minimum atomic E-state index is -0.336. The topological polar surface area (TPSA) is 101 Å². The minimum absolute atomic E-state index is 0.0301. The summed E-state index contributed by atoms with van der Waals surface area (Å²) in [5.41, 5.74) is 0.526. The number of thioether (sulfide) groups is 1. The molecule has 1 saturated heterocycles. The molecule has 7 atom stereocenters. The van der Waals surface area contributed by atoms with E-state index in [1.54, 1.807) is 44.2 Å². The fourth-order valence-electron chi connectivity index (χ4n) is 7.05. The summed E-state index contributed by atoms with van der Waals surface area (Å²) in [5.74, 6) is 0.570. The van der Waals surface area contributed by atoms with Crippen LogP contribution in [0.2, 0.25) is 0 Å². The molecule has 10 heteroatoms. The van der Waals surface area contributed by atoms with Gasteiger partial charge in [0.1, 0.15) is 0 Å². The Kier molecular flexibility index (Phi) is 5.20. The summed E-state index contributed by atoms with van der Waals surface area (Å²) in [6, 6.07) is 5.33. The lowest BCUT2D eigenvalue weighted by molar-refractivity contribution is -0.140. The highest BCUT2D eigenvalue weighted by molar-refractivity contribution is 8.00. The van der Waals surface area contributed by atoms with Gasteiger partial charge in [0.25, 0.3) is 11.8 Å². The van der Waals surface area contributed by atoms with Gasteiger partial charge in [0, 0.05) is 15.5 Å². The number of H-pyrrole nitrogens is 1. The standard InChI is InChI=1S/C25H27N3O5S2/c1-5-25(2)18-12-9-13(19(18)34-21-20(25)35-24(31)27-21)17-16(12)22(29)28(23(17)30)26-10-11-6-7-14(32-3)15(8-11)33-4/h6-8,10,12-13,16-19H,5,9H2,1-4H3,(H,27,31)/b26-10-/t12-,13-,16+,17-,18-,19-,25-/m0/s1. The van der Waals surface area contributed by atoms with Crippen molar-refractivity contribution in [2.75, 3.05) is 14.2 Å². The predicted octanol–water partition coefficient (Wildman–Crippen LogP) is 3.50. The molecule has 6 rings (SSSR count). The molecule has 3 heterocycles. The highest BCUT2D eigenvalue weighted by Gasteiger charge is 2.71. The molecule has 184 valence electrons. The first-order valence-corrected chi connectivity index (χ1v) is 13.6. The average Bonchev–Trinajstić information content (AvgIpc) is 3.59. The number of hydrogen-bond donors (Lipinski definition) is 1. The number of carbonyl (C=O) groups is 2. The van der Waals surface area contributed by atoms with Gasteiger partial charge in [-0.3, -0.25) is 14.4 Å². The number of rotatable bonds is 5. The zero-order chi connectivity index (χ0) is 24.6. The Morgan fingerprint density at radius 3 is 2.54 bits per heavy atom. The van der Waals surface area contributed by atoms with Crippen LogP contribution < -0.4 is 14.3 Å². The molecule has 35 heavy (non-hydrogen) atoms. The number of carbonyl (C=O) groups excluding carboxylic acids is 2. The van der Waals surface area contributed by atoms with Gasteiger partial charge in [-0.1, -0.05) is 25.2 Å². The predicted molar refractivity (Wildman–Crippen MR) is 133 cm³/mol. The van der Waals surface area contributed by atoms with E-state index in [4.69, 9.17) is 9.47 Å². The normalized spacial score (nSPS) is 34.9. The van der Waals surface area contributed by atoms with Gasteiger partial charge in [-0.15, -0.1) is 11.8 Å². The summed E-state index contributed by atoms with van der Waals surface area (Å²) in [5, 5.41) is 6.60. The van der Waals surface area contributed by atoms with Crippen molar-refractivity contribution in [1.82, 2.24) is 9.99 Å². The molecule has 0 spiro atoms. The van der Waals surface area contributed by atoms with Crippen molar-refractivity contribution < 1.29 is 19.1 Å². The average molecular weight is 514 g/mol. The molecule has 2 amide bonds. The number of nitrogens with zero attached hydrogens (tertiary/aromatic N) is 2. The van der Waals surface area contributed by atoms with Gasteiger partial charge >= 0.3 is 4.87 Å². The highest BCUT2D eigenvalue weighted by Crippen LogP contribution is 2.69. The van der Waals surface area contributed by atoms with E-state index in [1.165, 1.54) is 17.6 Å². The number of imide groups is 1. The van der Waals surface area contributed by atoms with Crippen molar-refractivity contribution in [3.63, 3.8) is 0 Å². The summed E-state index contributed by atoms with van der Waals surface area (Å²) in [7, 11) is 3.12. The smallest absolute Gasteiger partial charge is 0.305 e. The molecule has 8 nitrogen and oxygen atoms in total. The van der Waals surface area contributed by atoms with Gasteiger partial charge < -0.3 is 14.5 Å². The number of methoxy groups -OCH3 is 2. The van der Waals surface area contributed by atoms with Gasteiger partial charge in [-0.25, -0.2) is 0 Å². The van der Waals surface area contributed by atoms with Crippen LogP contribution in [0.5, 0.6) is 11.5 Å². The van der Waals surface area contributed by atoms with Crippen LogP contribution in [0.25, 0.3) is 0 Å². The van der Waals surface area contributed by atoms with Gasteiger partial charge in [0.15, 0.2) is 11.5 Å². The van der Waals surface area contributed by atoms with Crippen LogP contribution in [0, 0.1) is 29.6 Å². The largest absolute Gasteiger partial charge is 0.493 e. The van der Waals surface area contributed by atoms with Crippen LogP contribution in [0.1, 0.15) is 37.1 Å². The Bertz CT molecular complexity index is 1320. The van der Waals surface area contributed by atoms with Crippen molar-refractivity contribution in [1.29, 1.82) is 0 Å². The number of fused-ring (bicyclic) bond motifs is 9. The van der Waals surface area contributed by atoms with Crippen LogP contribution in [-0.2, 0) is 15.0 Å².